The summed E-state index contributed by atoms with van der Waals surface area (Å²) in [4.78, 5) is 17.0. The van der Waals surface area contributed by atoms with Crippen molar-refractivity contribution in [1.82, 2.24) is 4.98 Å². The minimum Gasteiger partial charge on any atom is -0.497 e. The van der Waals surface area contributed by atoms with E-state index in [2.05, 4.69) is 16.4 Å². The van der Waals surface area contributed by atoms with Gasteiger partial charge >= 0.3 is 0 Å². The van der Waals surface area contributed by atoms with Crippen LogP contribution in [0, 0.1) is 0 Å². The average molecular weight is 410 g/mol. The van der Waals surface area contributed by atoms with Gasteiger partial charge < -0.3 is 14.2 Å². The molecular formula is C22H22N2O4S. The van der Waals surface area contributed by atoms with Crippen LogP contribution in [0.5, 0.6) is 11.5 Å². The normalized spacial score (nSPS) is 13.4. The summed E-state index contributed by atoms with van der Waals surface area (Å²) in [6, 6.07) is 13.6. The number of carbonyl (C=O) groups is 1. The van der Waals surface area contributed by atoms with Crippen LogP contribution in [0.25, 0.3) is 11.3 Å². The van der Waals surface area contributed by atoms with Gasteiger partial charge in [-0.25, -0.2) is 4.98 Å². The average Bonchev–Trinajstić information content (AvgIpc) is 3.40. The molecule has 29 heavy (non-hydrogen) atoms. The third-order valence-electron chi connectivity index (χ3n) is 4.72. The third-order valence-corrected chi connectivity index (χ3v) is 5.48. The fourth-order valence-corrected chi connectivity index (χ4v) is 3.80. The minimum atomic E-state index is -0.606. The summed E-state index contributed by atoms with van der Waals surface area (Å²) in [5, 5.41) is 5.33. The summed E-state index contributed by atoms with van der Waals surface area (Å²) < 4.78 is 16.4. The molecule has 7 heteroatoms. The maximum Gasteiger partial charge on any atom is 0.255 e. The Morgan fingerprint density at radius 1 is 1.31 bits per heavy atom. The number of hydrogen-bond donors (Lipinski definition) is 1. The van der Waals surface area contributed by atoms with Gasteiger partial charge in [-0.05, 0) is 48.4 Å². The molecule has 1 aliphatic rings. The number of benzene rings is 2. The van der Waals surface area contributed by atoms with Crippen LogP contribution in [0.3, 0.4) is 0 Å². The maximum atomic E-state index is 12.4. The molecule has 150 valence electrons. The van der Waals surface area contributed by atoms with Gasteiger partial charge in [0.25, 0.3) is 5.91 Å². The number of amides is 1. The van der Waals surface area contributed by atoms with Crippen molar-refractivity contribution in [2.45, 2.75) is 26.1 Å². The van der Waals surface area contributed by atoms with Crippen LogP contribution in [0.4, 0.5) is 5.13 Å². The molecule has 1 N–H and O–H groups in total. The van der Waals surface area contributed by atoms with Crippen molar-refractivity contribution >= 4 is 22.4 Å². The standard InChI is InChI=1S/C22H22N2O4S/c1-14(28-12-15-4-3-5-18(10-15)26-2)21(25)24-22-23-19(13-29-22)16-6-7-20-17(11-16)8-9-27-20/h3-7,10-11,13-14H,8-9,12H2,1-2H3,(H,23,24,25). The van der Waals surface area contributed by atoms with Crippen LogP contribution in [0.15, 0.2) is 47.8 Å². The number of hydrogen-bond acceptors (Lipinski definition) is 6. The summed E-state index contributed by atoms with van der Waals surface area (Å²) in [5.74, 6) is 1.48. The second kappa shape index (κ2) is 8.63. The molecule has 0 radical (unpaired) electrons. The van der Waals surface area contributed by atoms with Gasteiger partial charge in [0.1, 0.15) is 17.6 Å². The van der Waals surface area contributed by atoms with E-state index in [9.17, 15) is 4.79 Å². The zero-order valence-electron chi connectivity index (χ0n) is 16.3. The number of carbonyl (C=O) groups excluding carboxylic acids is 1. The first-order chi connectivity index (χ1) is 14.1. The molecule has 1 unspecified atom stereocenters. The Hall–Kier alpha value is -2.90. The number of thiazole rings is 1. The van der Waals surface area contributed by atoms with Gasteiger partial charge in [-0.1, -0.05) is 12.1 Å². The predicted octanol–water partition coefficient (Wildman–Crippen LogP) is 4.30. The highest BCUT2D eigenvalue weighted by Gasteiger charge is 2.17. The van der Waals surface area contributed by atoms with E-state index in [4.69, 9.17) is 14.2 Å². The molecule has 0 fully saturated rings. The first-order valence-electron chi connectivity index (χ1n) is 9.39. The lowest BCUT2D eigenvalue weighted by atomic mass is 10.1. The van der Waals surface area contributed by atoms with Crippen molar-refractivity contribution in [1.29, 1.82) is 0 Å². The second-order valence-corrected chi connectivity index (χ2v) is 7.61. The molecule has 0 saturated heterocycles. The number of methoxy groups -OCH3 is 1. The van der Waals surface area contributed by atoms with E-state index in [0.29, 0.717) is 11.7 Å². The molecule has 2 aromatic carbocycles. The molecule has 0 aliphatic carbocycles. The molecule has 6 nitrogen and oxygen atoms in total. The number of ether oxygens (including phenoxy) is 3. The van der Waals surface area contributed by atoms with Crippen LogP contribution in [-0.2, 0) is 22.6 Å². The molecule has 0 saturated carbocycles. The number of rotatable bonds is 7. The van der Waals surface area contributed by atoms with E-state index in [1.165, 1.54) is 16.9 Å². The molecule has 2 heterocycles. The van der Waals surface area contributed by atoms with Crippen LogP contribution >= 0.6 is 11.3 Å². The topological polar surface area (TPSA) is 69.7 Å². The van der Waals surface area contributed by atoms with Crippen molar-refractivity contribution < 1.29 is 19.0 Å². The van der Waals surface area contributed by atoms with E-state index in [0.717, 1.165) is 41.3 Å². The molecule has 1 aromatic heterocycles. The Morgan fingerprint density at radius 3 is 3.07 bits per heavy atom. The Kier molecular flexibility index (Phi) is 5.78. The lowest BCUT2D eigenvalue weighted by Gasteiger charge is -2.12. The Morgan fingerprint density at radius 2 is 2.21 bits per heavy atom. The number of aromatic nitrogens is 1. The van der Waals surface area contributed by atoms with E-state index < -0.39 is 6.10 Å². The predicted molar refractivity (Wildman–Crippen MR) is 113 cm³/mol. The SMILES string of the molecule is COc1cccc(COC(C)C(=O)Nc2nc(-c3ccc4c(c3)CCO4)cs2)c1. The molecule has 0 bridgehead atoms. The Bertz CT molecular complexity index is 1020. The number of nitrogens with one attached hydrogen (secondary N) is 1. The number of nitrogens with zero attached hydrogens (tertiary/aromatic N) is 1. The van der Waals surface area contributed by atoms with Gasteiger partial charge in [0.05, 0.1) is 26.0 Å². The van der Waals surface area contributed by atoms with Gasteiger partial charge in [0.2, 0.25) is 0 Å². The smallest absolute Gasteiger partial charge is 0.255 e. The lowest BCUT2D eigenvalue weighted by Crippen LogP contribution is -2.27. The van der Waals surface area contributed by atoms with Gasteiger partial charge in [0.15, 0.2) is 5.13 Å². The Balaban J connectivity index is 1.34. The minimum absolute atomic E-state index is 0.226. The van der Waals surface area contributed by atoms with E-state index in [1.54, 1.807) is 14.0 Å². The first kappa shape index (κ1) is 19.4. The summed E-state index contributed by atoms with van der Waals surface area (Å²) in [7, 11) is 1.62. The molecule has 1 atom stereocenters. The highest BCUT2D eigenvalue weighted by Crippen LogP contribution is 2.32. The molecule has 0 spiro atoms. The fourth-order valence-electron chi connectivity index (χ4n) is 3.08. The molecule has 3 aromatic rings. The fraction of sp³-hybridized carbons (Fsp3) is 0.273. The Labute approximate surface area is 173 Å². The van der Waals surface area contributed by atoms with Crippen LogP contribution in [0.2, 0.25) is 0 Å². The largest absolute Gasteiger partial charge is 0.497 e. The number of anilines is 1. The quantitative estimate of drug-likeness (QED) is 0.629. The van der Waals surface area contributed by atoms with Crippen molar-refractivity contribution in [2.24, 2.45) is 0 Å². The second-order valence-electron chi connectivity index (χ2n) is 6.75. The maximum absolute atomic E-state index is 12.4. The zero-order chi connectivity index (χ0) is 20.2. The molecule has 1 aliphatic heterocycles. The van der Waals surface area contributed by atoms with E-state index >= 15 is 0 Å². The van der Waals surface area contributed by atoms with Crippen molar-refractivity contribution in [3.8, 4) is 22.8 Å². The van der Waals surface area contributed by atoms with Crippen LogP contribution < -0.4 is 14.8 Å². The molecular weight excluding hydrogens is 388 g/mol. The van der Waals surface area contributed by atoms with Crippen molar-refractivity contribution in [2.75, 3.05) is 19.0 Å². The van der Waals surface area contributed by atoms with E-state index in [1.807, 2.05) is 41.8 Å². The first-order valence-corrected chi connectivity index (χ1v) is 10.3. The van der Waals surface area contributed by atoms with Gasteiger partial charge in [-0.15, -0.1) is 11.3 Å². The molecule has 4 rings (SSSR count). The lowest BCUT2D eigenvalue weighted by molar-refractivity contribution is -0.127. The monoisotopic (exact) mass is 410 g/mol. The van der Waals surface area contributed by atoms with Crippen molar-refractivity contribution in [3.05, 3.63) is 59.0 Å². The van der Waals surface area contributed by atoms with Gasteiger partial charge in [-0.2, -0.15) is 0 Å². The highest BCUT2D eigenvalue weighted by atomic mass is 32.1. The summed E-state index contributed by atoms with van der Waals surface area (Å²) in [6.45, 7) is 2.78. The highest BCUT2D eigenvalue weighted by molar-refractivity contribution is 7.14. The summed E-state index contributed by atoms with van der Waals surface area (Å²) in [6.07, 6.45) is 0.310. The third kappa shape index (κ3) is 4.58. The van der Waals surface area contributed by atoms with Crippen LogP contribution in [0.1, 0.15) is 18.1 Å². The summed E-state index contributed by atoms with van der Waals surface area (Å²) >= 11 is 1.40. The summed E-state index contributed by atoms with van der Waals surface area (Å²) in [5.41, 5.74) is 4.00. The van der Waals surface area contributed by atoms with Gasteiger partial charge in [0, 0.05) is 17.4 Å². The number of fused-ring (bicyclic) bond motifs is 1. The van der Waals surface area contributed by atoms with Gasteiger partial charge in [-0.3, -0.25) is 10.1 Å². The van der Waals surface area contributed by atoms with Crippen molar-refractivity contribution in [3.63, 3.8) is 0 Å². The molecule has 1 amide bonds. The van der Waals surface area contributed by atoms with Crippen LogP contribution in [-0.4, -0.2) is 30.7 Å². The van der Waals surface area contributed by atoms with E-state index in [-0.39, 0.29) is 5.91 Å². The zero-order valence-corrected chi connectivity index (χ0v) is 17.1.